The number of nitrogens with zero attached hydrogens (tertiary/aromatic N) is 1. The molecule has 0 radical (unpaired) electrons. The number of halogens is 2. The van der Waals surface area contributed by atoms with Gasteiger partial charge in [-0.3, -0.25) is 4.79 Å². The van der Waals surface area contributed by atoms with Gasteiger partial charge in [-0.1, -0.05) is 22.8 Å². The minimum absolute atomic E-state index is 0.0220. The van der Waals surface area contributed by atoms with Gasteiger partial charge in [-0.05, 0) is 31.2 Å². The van der Waals surface area contributed by atoms with Crippen molar-refractivity contribution < 1.29 is 28.6 Å². The van der Waals surface area contributed by atoms with Crippen molar-refractivity contribution in [1.29, 1.82) is 0 Å². The Balaban J connectivity index is 1.76. The Morgan fingerprint density at radius 3 is 2.77 bits per heavy atom. The van der Waals surface area contributed by atoms with E-state index in [9.17, 15) is 19.2 Å². The minimum atomic E-state index is -1.16. The molecule has 31 heavy (non-hydrogen) atoms. The van der Waals surface area contributed by atoms with Gasteiger partial charge in [-0.25, -0.2) is 14.4 Å². The summed E-state index contributed by atoms with van der Waals surface area (Å²) in [5.74, 6) is -1.44. The van der Waals surface area contributed by atoms with Crippen LogP contribution in [-0.2, 0) is 0 Å². The predicted octanol–water partition coefficient (Wildman–Crippen LogP) is 3.20. The Hall–Kier alpha value is -3.57. The molecule has 4 rings (SSSR count). The van der Waals surface area contributed by atoms with E-state index in [0.29, 0.717) is 0 Å². The zero-order chi connectivity index (χ0) is 22.3. The third-order valence-electron chi connectivity index (χ3n) is 4.52. The van der Waals surface area contributed by atoms with Gasteiger partial charge < -0.3 is 19.5 Å². The Bertz CT molecular complexity index is 1360. The molecule has 0 aliphatic heterocycles. The van der Waals surface area contributed by atoms with Crippen LogP contribution in [0.4, 0.5) is 15.8 Å². The van der Waals surface area contributed by atoms with Crippen LogP contribution < -0.4 is 16.2 Å². The van der Waals surface area contributed by atoms with E-state index in [1.807, 2.05) is 0 Å². The van der Waals surface area contributed by atoms with Gasteiger partial charge in [0, 0.05) is 17.5 Å². The van der Waals surface area contributed by atoms with Gasteiger partial charge in [-0.15, -0.1) is 0 Å². The highest BCUT2D eigenvalue weighted by Gasteiger charge is 2.26. The lowest BCUT2D eigenvalue weighted by Gasteiger charge is -2.12. The van der Waals surface area contributed by atoms with E-state index in [-0.39, 0.29) is 49.9 Å². The molecular formula is C20H13ClFN3O6. The molecule has 9 nitrogen and oxygen atoms in total. The molecule has 1 atom stereocenters. The number of carbonyl (C=O) groups is 1. The summed E-state index contributed by atoms with van der Waals surface area (Å²) in [4.78, 5) is 25.2. The van der Waals surface area contributed by atoms with Crippen molar-refractivity contribution in [2.24, 2.45) is 0 Å². The largest absolute Gasteiger partial charge is 0.595 e. The molecular weight excluding hydrogens is 433 g/mol. The van der Waals surface area contributed by atoms with Crippen LogP contribution in [0.2, 0.25) is 5.02 Å². The van der Waals surface area contributed by atoms with Crippen LogP contribution in [0.25, 0.3) is 22.2 Å². The summed E-state index contributed by atoms with van der Waals surface area (Å²) < 4.78 is 24.6. The number of carbonyl (C=O) groups excluding carboxylic acids is 1. The lowest BCUT2D eigenvalue weighted by molar-refractivity contribution is -0.991. The van der Waals surface area contributed by atoms with Crippen LogP contribution in [-0.4, -0.2) is 16.3 Å². The summed E-state index contributed by atoms with van der Waals surface area (Å²) >= 11 is 6.07. The Morgan fingerprint density at radius 1 is 1.29 bits per heavy atom. The van der Waals surface area contributed by atoms with Gasteiger partial charge >= 0.3 is 5.63 Å². The van der Waals surface area contributed by atoms with E-state index >= 15 is 0 Å². The van der Waals surface area contributed by atoms with Crippen molar-refractivity contribution in [3.63, 3.8) is 0 Å². The second-order valence-corrected chi connectivity index (χ2v) is 6.93. The number of rotatable bonds is 4. The molecule has 0 aliphatic rings. The number of anilines is 1. The normalized spacial score (nSPS) is 12.2. The van der Waals surface area contributed by atoms with Crippen LogP contribution >= 0.6 is 11.6 Å². The van der Waals surface area contributed by atoms with E-state index in [0.717, 1.165) is 6.07 Å². The number of aromatic nitrogens is 1. The maximum absolute atomic E-state index is 14.3. The fourth-order valence-electron chi connectivity index (χ4n) is 3.06. The number of benzene rings is 2. The number of nitrogens with one attached hydrogen (secondary N) is 2. The molecule has 0 bridgehead atoms. The molecule has 158 valence electrons. The van der Waals surface area contributed by atoms with Crippen LogP contribution in [0.1, 0.15) is 16.1 Å². The highest BCUT2D eigenvalue weighted by molar-refractivity contribution is 6.33. The number of quaternary nitrogens is 1. The van der Waals surface area contributed by atoms with E-state index in [1.54, 1.807) is 0 Å². The van der Waals surface area contributed by atoms with Crippen LogP contribution in [0.5, 0.6) is 0 Å². The molecule has 0 saturated carbocycles. The maximum atomic E-state index is 14.3. The fraction of sp³-hybridized carbons (Fsp3) is 0.0500. The quantitative estimate of drug-likeness (QED) is 0.324. The molecule has 2 heterocycles. The van der Waals surface area contributed by atoms with E-state index in [4.69, 9.17) is 25.7 Å². The first-order chi connectivity index (χ1) is 14.8. The standard InChI is InChI=1S/C20H13ClFN3O6/c1-9-16(18(24-31-9)17-12(21)3-2-4-13(17)22)19(26)23-14-8-10-7-11(25(28)29)5-6-15(10)30-20(14)27/h2-8,25,28H,1H3,(H,23,26). The molecule has 0 spiro atoms. The molecule has 4 aromatic rings. The molecule has 0 aliphatic carbocycles. The monoisotopic (exact) mass is 445 g/mol. The molecule has 0 saturated heterocycles. The molecule has 1 unspecified atom stereocenters. The lowest BCUT2D eigenvalue weighted by atomic mass is 10.0. The summed E-state index contributed by atoms with van der Waals surface area (Å²) in [6.45, 7) is 1.45. The molecule has 3 N–H and O–H groups in total. The zero-order valence-corrected chi connectivity index (χ0v) is 16.5. The highest BCUT2D eigenvalue weighted by Crippen LogP contribution is 2.33. The SMILES string of the molecule is Cc1onc(-c2c(F)cccc2Cl)c1C(=O)Nc1cc2cc([NH+]([O-])O)ccc2oc1=O. The predicted molar refractivity (Wildman–Crippen MR) is 108 cm³/mol. The van der Waals surface area contributed by atoms with Crippen molar-refractivity contribution in [3.8, 4) is 11.3 Å². The van der Waals surface area contributed by atoms with Crippen molar-refractivity contribution in [1.82, 2.24) is 5.16 Å². The van der Waals surface area contributed by atoms with E-state index < -0.39 is 22.6 Å². The minimum Gasteiger partial charge on any atom is -0.595 e. The van der Waals surface area contributed by atoms with Gasteiger partial charge in [-0.2, -0.15) is 5.23 Å². The highest BCUT2D eigenvalue weighted by atomic mass is 35.5. The molecule has 1 amide bonds. The summed E-state index contributed by atoms with van der Waals surface area (Å²) in [6, 6.07) is 9.20. The van der Waals surface area contributed by atoms with Gasteiger partial charge in [0.15, 0.2) is 5.69 Å². The molecule has 2 aromatic carbocycles. The van der Waals surface area contributed by atoms with Crippen molar-refractivity contribution in [3.05, 3.63) is 80.3 Å². The second-order valence-electron chi connectivity index (χ2n) is 6.52. The zero-order valence-electron chi connectivity index (χ0n) is 15.7. The van der Waals surface area contributed by atoms with Gasteiger partial charge in [0.25, 0.3) is 5.91 Å². The third kappa shape index (κ3) is 3.80. The average Bonchev–Trinajstić information content (AvgIpc) is 3.09. The van der Waals surface area contributed by atoms with Crippen molar-refractivity contribution in [2.75, 3.05) is 5.32 Å². The molecule has 0 fully saturated rings. The van der Waals surface area contributed by atoms with Gasteiger partial charge in [0.2, 0.25) is 0 Å². The van der Waals surface area contributed by atoms with Crippen LogP contribution in [0.3, 0.4) is 0 Å². The lowest BCUT2D eigenvalue weighted by Crippen LogP contribution is -2.99. The van der Waals surface area contributed by atoms with Crippen LogP contribution in [0, 0.1) is 17.9 Å². The van der Waals surface area contributed by atoms with Crippen molar-refractivity contribution >= 4 is 39.9 Å². The topological polar surface area (TPSA) is 133 Å². The molecule has 11 heteroatoms. The Labute approximate surface area is 177 Å². The first-order valence-electron chi connectivity index (χ1n) is 8.79. The van der Waals surface area contributed by atoms with E-state index in [1.165, 1.54) is 43.3 Å². The maximum Gasteiger partial charge on any atom is 0.360 e. The summed E-state index contributed by atoms with van der Waals surface area (Å²) in [5, 5.41) is 25.6. The van der Waals surface area contributed by atoms with E-state index in [2.05, 4.69) is 10.5 Å². The Kier molecular flexibility index (Phi) is 5.29. The third-order valence-corrected chi connectivity index (χ3v) is 4.83. The fourth-order valence-corrected chi connectivity index (χ4v) is 3.32. The van der Waals surface area contributed by atoms with Crippen LogP contribution in [0.15, 0.2) is 56.2 Å². The van der Waals surface area contributed by atoms with Crippen molar-refractivity contribution in [2.45, 2.75) is 6.92 Å². The van der Waals surface area contributed by atoms with Gasteiger partial charge in [0.05, 0.1) is 10.6 Å². The Morgan fingerprint density at radius 2 is 2.06 bits per heavy atom. The number of hydrogen-bond donors (Lipinski definition) is 3. The van der Waals surface area contributed by atoms with Gasteiger partial charge in [0.1, 0.15) is 34.1 Å². The summed E-state index contributed by atoms with van der Waals surface area (Å²) in [7, 11) is 0. The average molecular weight is 446 g/mol. The second kappa shape index (κ2) is 7.93. The number of aryl methyl sites for hydroxylation is 1. The number of fused-ring (bicyclic) bond motifs is 1. The number of amides is 1. The first-order valence-corrected chi connectivity index (χ1v) is 9.17. The smallest absolute Gasteiger partial charge is 0.360 e. The first kappa shape index (κ1) is 20.7. The molecule has 2 aromatic heterocycles. The summed E-state index contributed by atoms with van der Waals surface area (Å²) in [5.41, 5.74) is -1.35. The summed E-state index contributed by atoms with van der Waals surface area (Å²) in [6.07, 6.45) is 0. The number of hydrogen-bond acceptors (Lipinski definition) is 7.